The summed E-state index contributed by atoms with van der Waals surface area (Å²) >= 11 is 0. The van der Waals surface area contributed by atoms with E-state index in [1.54, 1.807) is 6.20 Å². The lowest BCUT2D eigenvalue weighted by Crippen LogP contribution is -1.95. The van der Waals surface area contributed by atoms with Crippen molar-refractivity contribution in [2.45, 2.75) is 19.8 Å². The Morgan fingerprint density at radius 2 is 2.23 bits per heavy atom. The summed E-state index contributed by atoms with van der Waals surface area (Å²) in [5.41, 5.74) is 1.50. The fourth-order valence-corrected chi connectivity index (χ4v) is 1.59. The van der Waals surface area contributed by atoms with Crippen LogP contribution in [0.4, 0.5) is 4.39 Å². The largest absolute Gasteiger partial charge is 0.346 e. The maximum absolute atomic E-state index is 13.4. The summed E-state index contributed by atoms with van der Waals surface area (Å²) in [6, 6.07) is 1.86. The van der Waals surface area contributed by atoms with Crippen LogP contribution in [-0.4, -0.2) is 9.97 Å². The van der Waals surface area contributed by atoms with E-state index in [1.807, 2.05) is 19.9 Å². The molecule has 2 heterocycles. The first kappa shape index (κ1) is 8.23. The quantitative estimate of drug-likeness (QED) is 0.714. The van der Waals surface area contributed by atoms with Gasteiger partial charge in [-0.2, -0.15) is 0 Å². The van der Waals surface area contributed by atoms with Crippen LogP contribution in [0, 0.1) is 5.82 Å². The highest BCUT2D eigenvalue weighted by Crippen LogP contribution is 2.25. The third kappa shape index (κ3) is 1.20. The normalized spacial score (nSPS) is 11.4. The fourth-order valence-electron chi connectivity index (χ4n) is 1.59. The van der Waals surface area contributed by atoms with E-state index in [0.29, 0.717) is 0 Å². The molecule has 2 aromatic heterocycles. The molecule has 0 aliphatic heterocycles. The van der Waals surface area contributed by atoms with E-state index in [2.05, 4.69) is 9.97 Å². The van der Waals surface area contributed by atoms with Crippen molar-refractivity contribution in [2.24, 2.45) is 0 Å². The summed E-state index contributed by atoms with van der Waals surface area (Å²) in [5.74, 6) is -0.0385. The maximum atomic E-state index is 13.4. The molecule has 0 amide bonds. The average molecular weight is 178 g/mol. The van der Waals surface area contributed by atoms with Crippen LogP contribution < -0.4 is 0 Å². The molecule has 0 saturated carbocycles. The number of fused-ring (bicyclic) bond motifs is 1. The molecule has 0 aromatic carbocycles. The molecule has 13 heavy (non-hydrogen) atoms. The highest BCUT2D eigenvalue weighted by molar-refractivity contribution is 5.79. The topological polar surface area (TPSA) is 28.7 Å². The van der Waals surface area contributed by atoms with Gasteiger partial charge in [0.1, 0.15) is 11.5 Å². The van der Waals surface area contributed by atoms with E-state index in [9.17, 15) is 4.39 Å². The Labute approximate surface area is 75.8 Å². The minimum atomic E-state index is -0.220. The smallest absolute Gasteiger partial charge is 0.145 e. The minimum Gasteiger partial charge on any atom is -0.346 e. The number of H-pyrrole nitrogens is 1. The molecule has 2 aromatic rings. The van der Waals surface area contributed by atoms with E-state index in [1.165, 1.54) is 6.20 Å². The van der Waals surface area contributed by atoms with Crippen LogP contribution in [0.5, 0.6) is 0 Å². The second-order valence-corrected chi connectivity index (χ2v) is 3.41. The average Bonchev–Trinajstić information content (AvgIpc) is 2.50. The van der Waals surface area contributed by atoms with Gasteiger partial charge in [0.05, 0.1) is 6.20 Å². The summed E-state index contributed by atoms with van der Waals surface area (Å²) in [6.07, 6.45) is 3.05. The second-order valence-electron chi connectivity index (χ2n) is 3.41. The monoisotopic (exact) mass is 178 g/mol. The molecule has 0 aliphatic carbocycles. The molecule has 0 atom stereocenters. The van der Waals surface area contributed by atoms with Crippen molar-refractivity contribution >= 4 is 11.0 Å². The predicted octanol–water partition coefficient (Wildman–Crippen LogP) is 2.83. The van der Waals surface area contributed by atoms with Gasteiger partial charge in [0.2, 0.25) is 0 Å². The minimum absolute atomic E-state index is 0.182. The zero-order valence-electron chi connectivity index (χ0n) is 7.63. The van der Waals surface area contributed by atoms with Crippen LogP contribution >= 0.6 is 0 Å². The lowest BCUT2D eigenvalue weighted by molar-refractivity contribution is 0.596. The highest BCUT2D eigenvalue weighted by Gasteiger charge is 2.12. The Kier molecular flexibility index (Phi) is 1.79. The van der Waals surface area contributed by atoms with Crippen LogP contribution in [-0.2, 0) is 0 Å². The summed E-state index contributed by atoms with van der Waals surface area (Å²) in [7, 11) is 0. The molecule has 0 unspecified atom stereocenters. The van der Waals surface area contributed by atoms with E-state index >= 15 is 0 Å². The number of rotatable bonds is 1. The van der Waals surface area contributed by atoms with Gasteiger partial charge < -0.3 is 4.98 Å². The summed E-state index contributed by atoms with van der Waals surface area (Å²) in [4.78, 5) is 6.92. The SMILES string of the molecule is CC(C)c1c(F)cnc2[nH]ccc12. The molecule has 0 saturated heterocycles. The van der Waals surface area contributed by atoms with Gasteiger partial charge in [-0.1, -0.05) is 13.8 Å². The zero-order chi connectivity index (χ0) is 9.42. The number of pyridine rings is 1. The standard InChI is InChI=1S/C10H11FN2/c1-6(2)9-7-3-4-12-10(7)13-5-8(9)11/h3-6H,1-2H3,(H,12,13). The van der Waals surface area contributed by atoms with Crippen LogP contribution in [0.1, 0.15) is 25.3 Å². The summed E-state index contributed by atoms with van der Waals surface area (Å²) in [6.45, 7) is 3.95. The molecule has 0 bridgehead atoms. The molecule has 2 rings (SSSR count). The molecular formula is C10H11FN2. The Balaban J connectivity index is 2.80. The van der Waals surface area contributed by atoms with E-state index in [-0.39, 0.29) is 11.7 Å². The number of nitrogens with zero attached hydrogens (tertiary/aromatic N) is 1. The first-order valence-electron chi connectivity index (χ1n) is 4.31. The van der Waals surface area contributed by atoms with Gasteiger partial charge in [0.15, 0.2) is 0 Å². The first-order chi connectivity index (χ1) is 6.20. The van der Waals surface area contributed by atoms with Crippen LogP contribution in [0.25, 0.3) is 11.0 Å². The molecule has 0 fully saturated rings. The predicted molar refractivity (Wildman–Crippen MR) is 50.1 cm³/mol. The van der Waals surface area contributed by atoms with Crippen molar-refractivity contribution in [2.75, 3.05) is 0 Å². The van der Waals surface area contributed by atoms with Crippen molar-refractivity contribution in [3.05, 3.63) is 29.8 Å². The van der Waals surface area contributed by atoms with Crippen LogP contribution in [0.3, 0.4) is 0 Å². The van der Waals surface area contributed by atoms with Gasteiger partial charge in [0, 0.05) is 17.1 Å². The van der Waals surface area contributed by atoms with E-state index in [0.717, 1.165) is 16.6 Å². The Morgan fingerprint density at radius 3 is 2.92 bits per heavy atom. The Bertz CT molecular complexity index is 431. The lowest BCUT2D eigenvalue weighted by Gasteiger charge is -2.07. The van der Waals surface area contributed by atoms with Crippen molar-refractivity contribution in [3.8, 4) is 0 Å². The fraction of sp³-hybridized carbons (Fsp3) is 0.300. The number of hydrogen-bond acceptors (Lipinski definition) is 1. The zero-order valence-corrected chi connectivity index (χ0v) is 7.63. The summed E-state index contributed by atoms with van der Waals surface area (Å²) < 4.78 is 13.4. The molecule has 1 N–H and O–H groups in total. The second kappa shape index (κ2) is 2.83. The molecule has 0 radical (unpaired) electrons. The molecule has 0 aliphatic rings. The van der Waals surface area contributed by atoms with Gasteiger partial charge in [-0.25, -0.2) is 9.37 Å². The number of hydrogen-bond donors (Lipinski definition) is 1. The van der Waals surface area contributed by atoms with Crippen molar-refractivity contribution in [1.29, 1.82) is 0 Å². The van der Waals surface area contributed by atoms with E-state index < -0.39 is 0 Å². The number of aromatic amines is 1. The van der Waals surface area contributed by atoms with E-state index in [4.69, 9.17) is 0 Å². The Morgan fingerprint density at radius 1 is 1.46 bits per heavy atom. The van der Waals surface area contributed by atoms with Crippen LogP contribution in [0.2, 0.25) is 0 Å². The first-order valence-corrected chi connectivity index (χ1v) is 4.31. The molecule has 68 valence electrons. The van der Waals surface area contributed by atoms with Gasteiger partial charge in [0.25, 0.3) is 0 Å². The molecule has 0 spiro atoms. The Hall–Kier alpha value is -1.38. The lowest BCUT2D eigenvalue weighted by atomic mass is 10.0. The van der Waals surface area contributed by atoms with Crippen molar-refractivity contribution in [3.63, 3.8) is 0 Å². The van der Waals surface area contributed by atoms with Crippen molar-refractivity contribution < 1.29 is 4.39 Å². The van der Waals surface area contributed by atoms with Gasteiger partial charge >= 0.3 is 0 Å². The van der Waals surface area contributed by atoms with Gasteiger partial charge in [-0.15, -0.1) is 0 Å². The van der Waals surface area contributed by atoms with Crippen molar-refractivity contribution in [1.82, 2.24) is 9.97 Å². The highest BCUT2D eigenvalue weighted by atomic mass is 19.1. The van der Waals surface area contributed by atoms with Crippen LogP contribution in [0.15, 0.2) is 18.5 Å². The molecule has 2 nitrogen and oxygen atoms in total. The molecular weight excluding hydrogens is 167 g/mol. The maximum Gasteiger partial charge on any atom is 0.145 e. The summed E-state index contributed by atoms with van der Waals surface area (Å²) in [5, 5.41) is 0.884. The number of halogens is 1. The van der Waals surface area contributed by atoms with Gasteiger partial charge in [-0.3, -0.25) is 0 Å². The number of aromatic nitrogens is 2. The number of nitrogens with one attached hydrogen (secondary N) is 1. The van der Waals surface area contributed by atoms with Gasteiger partial charge in [-0.05, 0) is 12.0 Å². The third-order valence-electron chi connectivity index (χ3n) is 2.16. The molecule has 3 heteroatoms. The third-order valence-corrected chi connectivity index (χ3v) is 2.16.